The average Bonchev–Trinajstić information content (AvgIpc) is 3.34. The second kappa shape index (κ2) is 16.9. The van der Waals surface area contributed by atoms with E-state index in [1.165, 1.54) is 18.7 Å². The van der Waals surface area contributed by atoms with Crippen molar-refractivity contribution in [2.45, 2.75) is 118 Å². The van der Waals surface area contributed by atoms with E-state index in [0.29, 0.717) is 19.4 Å². The summed E-state index contributed by atoms with van der Waals surface area (Å²) in [4.78, 5) is 66.0. The molecular weight excluding hydrogens is 524 g/mol. The largest absolute Gasteiger partial charge is 0.391 e. The number of amides is 3. The van der Waals surface area contributed by atoms with Crippen molar-refractivity contribution in [1.82, 2.24) is 15.5 Å². The van der Waals surface area contributed by atoms with E-state index < -0.39 is 53.8 Å². The Morgan fingerprint density at radius 2 is 1.62 bits per heavy atom. The number of rotatable bonds is 15. The van der Waals surface area contributed by atoms with Crippen molar-refractivity contribution in [2.24, 2.45) is 29.4 Å². The van der Waals surface area contributed by atoms with Crippen LogP contribution < -0.4 is 16.4 Å². The number of hydrogen-bond donors (Lipinski definition) is 4. The molecule has 1 aliphatic heterocycles. The summed E-state index contributed by atoms with van der Waals surface area (Å²) in [5, 5.41) is 15.8. The molecule has 0 aromatic carbocycles. The van der Waals surface area contributed by atoms with Crippen LogP contribution in [0.3, 0.4) is 0 Å². The zero-order valence-electron chi connectivity index (χ0n) is 24.9. The topological polar surface area (TPSA) is 159 Å². The number of nitrogens with one attached hydrogen (secondary N) is 2. The molecule has 0 radical (unpaired) electrons. The molecular formula is C28H51ClN4O6. The van der Waals surface area contributed by atoms with Gasteiger partial charge in [-0.15, -0.1) is 12.4 Å². The van der Waals surface area contributed by atoms with Crippen molar-refractivity contribution in [2.75, 3.05) is 6.54 Å². The third-order valence-electron chi connectivity index (χ3n) is 7.58. The molecule has 1 fully saturated rings. The second-order valence-corrected chi connectivity index (χ2v) is 11.6. The molecule has 0 aromatic heterocycles. The SMILES string of the molecule is CC[C@H](C)[C@@H](N)C(O)CC(=O)N[C@H](C(=O)C(C)C(=O)N[C@H](CC(C)C)C(=O)N1CCC[C@@H]1C(C)=O)C(C)C.Cl. The lowest BCUT2D eigenvalue weighted by Gasteiger charge is -2.30. The van der Waals surface area contributed by atoms with Crippen molar-refractivity contribution >= 4 is 41.7 Å². The number of aliphatic hydroxyl groups excluding tert-OH is 1. The summed E-state index contributed by atoms with van der Waals surface area (Å²) in [5.41, 5.74) is 6.03. The summed E-state index contributed by atoms with van der Waals surface area (Å²) < 4.78 is 0. The van der Waals surface area contributed by atoms with E-state index in [1.54, 1.807) is 13.8 Å². The smallest absolute Gasteiger partial charge is 0.245 e. The summed E-state index contributed by atoms with van der Waals surface area (Å²) in [5.74, 6) is -3.33. The highest BCUT2D eigenvalue weighted by atomic mass is 35.5. The lowest BCUT2D eigenvalue weighted by Crippen LogP contribution is -2.55. The van der Waals surface area contributed by atoms with E-state index in [2.05, 4.69) is 10.6 Å². The van der Waals surface area contributed by atoms with Gasteiger partial charge in [-0.05, 0) is 50.9 Å². The van der Waals surface area contributed by atoms with Crippen molar-refractivity contribution < 1.29 is 29.1 Å². The van der Waals surface area contributed by atoms with Gasteiger partial charge in [0.2, 0.25) is 17.7 Å². The molecule has 3 amide bonds. The van der Waals surface area contributed by atoms with Crippen LogP contribution >= 0.6 is 12.4 Å². The van der Waals surface area contributed by atoms with E-state index in [0.717, 1.165) is 12.8 Å². The maximum absolute atomic E-state index is 13.3. The predicted octanol–water partition coefficient (Wildman–Crippen LogP) is 1.99. The Labute approximate surface area is 240 Å². The summed E-state index contributed by atoms with van der Waals surface area (Å²) in [7, 11) is 0. The Morgan fingerprint density at radius 3 is 2.10 bits per heavy atom. The van der Waals surface area contributed by atoms with Gasteiger partial charge in [0.05, 0.1) is 30.5 Å². The van der Waals surface area contributed by atoms with Gasteiger partial charge in [0, 0.05) is 12.6 Å². The highest BCUT2D eigenvalue weighted by molar-refractivity contribution is 6.05. The van der Waals surface area contributed by atoms with Crippen LogP contribution in [0.2, 0.25) is 0 Å². The fourth-order valence-corrected chi connectivity index (χ4v) is 4.82. The number of carbonyl (C=O) groups is 5. The molecule has 1 aliphatic rings. The monoisotopic (exact) mass is 574 g/mol. The summed E-state index contributed by atoms with van der Waals surface area (Å²) in [6.45, 7) is 14.6. The molecule has 5 N–H and O–H groups in total. The van der Waals surface area contributed by atoms with E-state index in [1.807, 2.05) is 27.7 Å². The van der Waals surface area contributed by atoms with Crippen molar-refractivity contribution in [3.8, 4) is 0 Å². The maximum Gasteiger partial charge on any atom is 0.245 e. The van der Waals surface area contributed by atoms with Crippen LogP contribution in [0, 0.1) is 23.7 Å². The van der Waals surface area contributed by atoms with E-state index in [-0.39, 0.29) is 48.3 Å². The Hall–Kier alpha value is -2.04. The molecule has 0 saturated carbocycles. The van der Waals surface area contributed by atoms with Crippen LogP contribution in [0.25, 0.3) is 0 Å². The molecule has 39 heavy (non-hydrogen) atoms. The van der Waals surface area contributed by atoms with Crippen LogP contribution in [0.4, 0.5) is 0 Å². The van der Waals surface area contributed by atoms with Gasteiger partial charge >= 0.3 is 0 Å². The molecule has 0 aliphatic carbocycles. The molecule has 226 valence electrons. The third-order valence-corrected chi connectivity index (χ3v) is 7.58. The molecule has 1 saturated heterocycles. The number of Topliss-reactive ketones (excluding diaryl/α,β-unsaturated/α-hetero) is 2. The Morgan fingerprint density at radius 1 is 1.03 bits per heavy atom. The molecule has 0 aromatic rings. The number of halogens is 1. The minimum Gasteiger partial charge on any atom is -0.391 e. The zero-order chi connectivity index (χ0) is 29.3. The van der Waals surface area contributed by atoms with Crippen LogP contribution in [0.1, 0.15) is 87.5 Å². The normalized spacial score (nSPS) is 19.9. The maximum atomic E-state index is 13.3. The van der Waals surface area contributed by atoms with Crippen LogP contribution in [0.5, 0.6) is 0 Å². The lowest BCUT2D eigenvalue weighted by atomic mass is 9.90. The zero-order valence-corrected chi connectivity index (χ0v) is 25.7. The first-order chi connectivity index (χ1) is 17.6. The summed E-state index contributed by atoms with van der Waals surface area (Å²) in [6, 6.07) is -2.87. The first kappa shape index (κ1) is 37.0. The number of ketones is 2. The standard InChI is InChI=1S/C28H50N4O6.ClH/c1-9-17(6)24(29)22(34)14-23(35)31-25(16(4)5)26(36)18(7)27(37)30-20(13-15(2)3)28(38)32-12-10-11-21(32)19(8)33;/h15-18,20-22,24-25,34H,9-14,29H2,1-8H3,(H,30,37)(H,31,35);1H/t17-,18?,20+,21+,22?,24+,25-;/m0./s1. The van der Waals surface area contributed by atoms with Crippen molar-refractivity contribution in [3.05, 3.63) is 0 Å². The molecule has 1 heterocycles. The Kier molecular flexibility index (Phi) is 16.0. The highest BCUT2D eigenvalue weighted by Crippen LogP contribution is 2.21. The first-order valence-corrected chi connectivity index (χ1v) is 14.0. The average molecular weight is 575 g/mol. The number of likely N-dealkylation sites (tertiary alicyclic amines) is 1. The van der Waals surface area contributed by atoms with Crippen LogP contribution in [-0.2, 0) is 24.0 Å². The van der Waals surface area contributed by atoms with E-state index in [9.17, 15) is 29.1 Å². The van der Waals surface area contributed by atoms with Gasteiger partial charge in [-0.2, -0.15) is 0 Å². The minimum absolute atomic E-state index is 0. The quantitative estimate of drug-likeness (QED) is 0.218. The Bertz CT molecular complexity index is 852. The highest BCUT2D eigenvalue weighted by Gasteiger charge is 2.38. The molecule has 7 atom stereocenters. The van der Waals surface area contributed by atoms with Gasteiger partial charge in [0.1, 0.15) is 6.04 Å². The first-order valence-electron chi connectivity index (χ1n) is 14.0. The van der Waals surface area contributed by atoms with Gasteiger partial charge in [-0.3, -0.25) is 24.0 Å². The fraction of sp³-hybridized carbons (Fsp3) is 0.821. The fourth-order valence-electron chi connectivity index (χ4n) is 4.82. The summed E-state index contributed by atoms with van der Waals surface area (Å²) >= 11 is 0. The predicted molar refractivity (Wildman–Crippen MR) is 153 cm³/mol. The van der Waals surface area contributed by atoms with E-state index >= 15 is 0 Å². The van der Waals surface area contributed by atoms with Gasteiger partial charge in [-0.25, -0.2) is 0 Å². The van der Waals surface area contributed by atoms with E-state index in [4.69, 9.17) is 5.73 Å². The lowest BCUT2D eigenvalue weighted by molar-refractivity contribution is -0.143. The summed E-state index contributed by atoms with van der Waals surface area (Å²) in [6.07, 6.45) is 1.14. The van der Waals surface area contributed by atoms with Crippen LogP contribution in [-0.4, -0.2) is 76.1 Å². The molecule has 0 bridgehead atoms. The van der Waals surface area contributed by atoms with Gasteiger partial charge in [-0.1, -0.05) is 48.0 Å². The van der Waals surface area contributed by atoms with Gasteiger partial charge < -0.3 is 26.4 Å². The molecule has 1 rings (SSSR count). The molecule has 2 unspecified atom stereocenters. The molecule has 11 heteroatoms. The Balaban J connectivity index is 0.0000144. The molecule has 0 spiro atoms. The number of nitrogens with zero attached hydrogens (tertiary/aromatic N) is 1. The molecule has 10 nitrogen and oxygen atoms in total. The number of nitrogens with two attached hydrogens (primary N) is 1. The number of hydrogen-bond acceptors (Lipinski definition) is 7. The van der Waals surface area contributed by atoms with Crippen molar-refractivity contribution in [3.63, 3.8) is 0 Å². The van der Waals surface area contributed by atoms with Gasteiger partial charge in [0.15, 0.2) is 11.6 Å². The number of aliphatic hydroxyl groups is 1. The minimum atomic E-state index is -1.13. The third kappa shape index (κ3) is 10.8. The number of carbonyl (C=O) groups excluding carboxylic acids is 5. The van der Waals surface area contributed by atoms with Crippen LogP contribution in [0.15, 0.2) is 0 Å². The van der Waals surface area contributed by atoms with Crippen molar-refractivity contribution in [1.29, 1.82) is 0 Å². The second-order valence-electron chi connectivity index (χ2n) is 11.6. The van der Waals surface area contributed by atoms with Gasteiger partial charge in [0.25, 0.3) is 0 Å².